The maximum atomic E-state index is 12.7. The van der Waals surface area contributed by atoms with E-state index in [-0.39, 0.29) is 18.1 Å². The molecule has 0 aliphatic carbocycles. The molecule has 188 valence electrons. The van der Waals surface area contributed by atoms with E-state index in [1.165, 1.54) is 14.2 Å². The summed E-state index contributed by atoms with van der Waals surface area (Å²) in [5.74, 6) is -2.02. The van der Waals surface area contributed by atoms with Crippen molar-refractivity contribution in [3.8, 4) is 0 Å². The topological polar surface area (TPSA) is 140 Å². The van der Waals surface area contributed by atoms with E-state index in [0.717, 1.165) is 28.6 Å². The Hall–Kier alpha value is -4.12. The van der Waals surface area contributed by atoms with Crippen molar-refractivity contribution in [3.05, 3.63) is 70.1 Å². The van der Waals surface area contributed by atoms with Gasteiger partial charge in [0.1, 0.15) is 6.04 Å². The molecule has 2 aromatic carbocycles. The lowest BCUT2D eigenvalue weighted by Crippen LogP contribution is -2.41. The molecule has 2 aromatic rings. The van der Waals surface area contributed by atoms with Crippen LogP contribution in [0.2, 0.25) is 0 Å². The standard InChI is InChI=1S/C25H25N3O7S/c1-34-21(29)11-10-19(24(32)35-2)27-22(30)17-5-3-4-16(12-17)14-26-18-8-6-15(7-9-18)13-20-23(31)28-25(33)36-20/h3-9,12-13,19,26H,10-11,14H2,1-2H3,(H,27,30)(H,28,31,33)/b20-13-/t19-/m1/s1. The number of anilines is 1. The third-order valence-electron chi connectivity index (χ3n) is 5.19. The first kappa shape index (κ1) is 26.5. The molecule has 1 saturated heterocycles. The highest BCUT2D eigenvalue weighted by molar-refractivity contribution is 8.18. The zero-order valence-corrected chi connectivity index (χ0v) is 20.5. The molecule has 10 nitrogen and oxygen atoms in total. The average Bonchev–Trinajstić information content (AvgIpc) is 3.21. The van der Waals surface area contributed by atoms with Crippen LogP contribution in [-0.4, -0.2) is 49.3 Å². The number of esters is 2. The number of nitrogens with one attached hydrogen (secondary N) is 3. The van der Waals surface area contributed by atoms with Crippen LogP contribution in [0.5, 0.6) is 0 Å². The largest absolute Gasteiger partial charge is 0.469 e. The molecule has 3 rings (SSSR count). The third kappa shape index (κ3) is 7.44. The quantitative estimate of drug-likeness (QED) is 0.324. The second-order valence-corrected chi connectivity index (χ2v) is 8.71. The third-order valence-corrected chi connectivity index (χ3v) is 6.00. The molecule has 3 N–H and O–H groups in total. The average molecular weight is 512 g/mol. The number of thioether (sulfide) groups is 1. The lowest BCUT2D eigenvalue weighted by Gasteiger charge is -2.16. The summed E-state index contributed by atoms with van der Waals surface area (Å²) >= 11 is 0.862. The molecule has 0 radical (unpaired) electrons. The number of rotatable bonds is 10. The van der Waals surface area contributed by atoms with Crippen LogP contribution in [0.25, 0.3) is 6.08 Å². The number of carbonyl (C=O) groups is 5. The number of ether oxygens (including phenoxy) is 2. The Labute approximate surface area is 211 Å². The number of hydrogen-bond donors (Lipinski definition) is 3. The summed E-state index contributed by atoms with van der Waals surface area (Å²) in [6, 6.07) is 13.2. The van der Waals surface area contributed by atoms with Crippen LogP contribution in [0.15, 0.2) is 53.4 Å². The summed E-state index contributed by atoms with van der Waals surface area (Å²) in [6.45, 7) is 0.428. The van der Waals surface area contributed by atoms with Crippen molar-refractivity contribution in [1.82, 2.24) is 10.6 Å². The molecule has 0 bridgehead atoms. The summed E-state index contributed by atoms with van der Waals surface area (Å²) in [6.07, 6.45) is 1.66. The lowest BCUT2D eigenvalue weighted by atomic mass is 10.1. The van der Waals surface area contributed by atoms with Crippen LogP contribution < -0.4 is 16.0 Å². The van der Waals surface area contributed by atoms with E-state index in [0.29, 0.717) is 17.0 Å². The van der Waals surface area contributed by atoms with E-state index < -0.39 is 29.8 Å². The van der Waals surface area contributed by atoms with Gasteiger partial charge in [-0.05, 0) is 59.7 Å². The molecule has 0 unspecified atom stereocenters. The van der Waals surface area contributed by atoms with Crippen molar-refractivity contribution in [1.29, 1.82) is 0 Å². The number of methoxy groups -OCH3 is 2. The zero-order chi connectivity index (χ0) is 26.1. The van der Waals surface area contributed by atoms with Crippen molar-refractivity contribution in [2.24, 2.45) is 0 Å². The molecule has 36 heavy (non-hydrogen) atoms. The zero-order valence-electron chi connectivity index (χ0n) is 19.7. The van der Waals surface area contributed by atoms with Crippen LogP contribution in [0.1, 0.15) is 34.3 Å². The predicted molar refractivity (Wildman–Crippen MR) is 134 cm³/mol. The number of imide groups is 1. The smallest absolute Gasteiger partial charge is 0.328 e. The Morgan fingerprint density at radius 3 is 2.44 bits per heavy atom. The number of carbonyl (C=O) groups excluding carboxylic acids is 5. The second-order valence-electron chi connectivity index (χ2n) is 7.69. The van der Waals surface area contributed by atoms with E-state index in [1.807, 2.05) is 30.3 Å². The van der Waals surface area contributed by atoms with Crippen LogP contribution in [-0.2, 0) is 30.4 Å². The van der Waals surface area contributed by atoms with Gasteiger partial charge in [-0.2, -0.15) is 0 Å². The fraction of sp³-hybridized carbons (Fsp3) is 0.240. The highest BCUT2D eigenvalue weighted by atomic mass is 32.2. The Morgan fingerprint density at radius 1 is 1.06 bits per heavy atom. The highest BCUT2D eigenvalue weighted by Crippen LogP contribution is 2.26. The lowest BCUT2D eigenvalue weighted by molar-refractivity contribution is -0.144. The summed E-state index contributed by atoms with van der Waals surface area (Å²) in [7, 11) is 2.46. The van der Waals surface area contributed by atoms with Crippen LogP contribution in [0.3, 0.4) is 0 Å². The van der Waals surface area contributed by atoms with Crippen molar-refractivity contribution < 1.29 is 33.4 Å². The van der Waals surface area contributed by atoms with E-state index in [9.17, 15) is 24.0 Å². The van der Waals surface area contributed by atoms with Crippen LogP contribution in [0, 0.1) is 0 Å². The molecule has 1 heterocycles. The molecule has 11 heteroatoms. The van der Waals surface area contributed by atoms with Gasteiger partial charge in [-0.15, -0.1) is 0 Å². The SMILES string of the molecule is COC(=O)CC[C@@H](NC(=O)c1cccc(CNc2ccc(/C=C3\SC(=O)NC3=O)cc2)c1)C(=O)OC. The Bertz CT molecular complexity index is 1190. The van der Waals surface area contributed by atoms with E-state index in [4.69, 9.17) is 4.74 Å². The number of benzene rings is 2. The van der Waals surface area contributed by atoms with Gasteiger partial charge in [-0.3, -0.25) is 24.5 Å². The molecular formula is C25H25N3O7S. The minimum Gasteiger partial charge on any atom is -0.469 e. The van der Waals surface area contributed by atoms with Gasteiger partial charge < -0.3 is 20.1 Å². The molecule has 1 aliphatic rings. The van der Waals surface area contributed by atoms with Crippen LogP contribution in [0.4, 0.5) is 10.5 Å². The van der Waals surface area contributed by atoms with E-state index in [1.54, 1.807) is 24.3 Å². The van der Waals surface area contributed by atoms with Gasteiger partial charge in [0.2, 0.25) is 0 Å². The van der Waals surface area contributed by atoms with Gasteiger partial charge in [0.25, 0.3) is 17.1 Å². The Balaban J connectivity index is 1.59. The Kier molecular flexibility index (Phi) is 9.23. The van der Waals surface area contributed by atoms with Gasteiger partial charge in [-0.1, -0.05) is 24.3 Å². The first-order valence-corrected chi connectivity index (χ1v) is 11.7. The maximum absolute atomic E-state index is 12.7. The van der Waals surface area contributed by atoms with Gasteiger partial charge in [-0.25, -0.2) is 4.79 Å². The molecule has 1 aliphatic heterocycles. The van der Waals surface area contributed by atoms with Gasteiger partial charge >= 0.3 is 11.9 Å². The van der Waals surface area contributed by atoms with E-state index >= 15 is 0 Å². The molecule has 1 fully saturated rings. The number of amides is 3. The minimum atomic E-state index is -0.983. The van der Waals surface area contributed by atoms with Gasteiger partial charge in [0, 0.05) is 24.2 Å². The fourth-order valence-electron chi connectivity index (χ4n) is 3.29. The summed E-state index contributed by atoms with van der Waals surface area (Å²) < 4.78 is 9.31. The fourth-order valence-corrected chi connectivity index (χ4v) is 3.98. The van der Waals surface area contributed by atoms with Gasteiger partial charge in [0.05, 0.1) is 19.1 Å². The molecular weight excluding hydrogens is 486 g/mol. The normalized spacial score (nSPS) is 14.7. The van der Waals surface area contributed by atoms with Crippen molar-refractivity contribution in [2.75, 3.05) is 19.5 Å². The molecule has 3 amide bonds. The van der Waals surface area contributed by atoms with Crippen molar-refractivity contribution >= 4 is 52.5 Å². The Morgan fingerprint density at radius 2 is 1.81 bits per heavy atom. The first-order chi connectivity index (χ1) is 17.3. The highest BCUT2D eigenvalue weighted by Gasteiger charge is 2.25. The van der Waals surface area contributed by atoms with Crippen molar-refractivity contribution in [2.45, 2.75) is 25.4 Å². The molecule has 0 spiro atoms. The minimum absolute atomic E-state index is 0.0411. The second kappa shape index (κ2) is 12.5. The van der Waals surface area contributed by atoms with Crippen LogP contribution >= 0.6 is 11.8 Å². The summed E-state index contributed by atoms with van der Waals surface area (Å²) in [5.41, 5.74) is 2.78. The summed E-state index contributed by atoms with van der Waals surface area (Å²) in [5, 5.41) is 7.69. The monoisotopic (exact) mass is 511 g/mol. The number of hydrogen-bond acceptors (Lipinski definition) is 9. The predicted octanol–water partition coefficient (Wildman–Crippen LogP) is 2.85. The van der Waals surface area contributed by atoms with Crippen molar-refractivity contribution in [3.63, 3.8) is 0 Å². The first-order valence-electron chi connectivity index (χ1n) is 10.9. The summed E-state index contributed by atoms with van der Waals surface area (Å²) in [4.78, 5) is 59.4. The molecule has 1 atom stereocenters. The molecule has 0 aromatic heterocycles. The van der Waals surface area contributed by atoms with Gasteiger partial charge in [0.15, 0.2) is 0 Å². The van der Waals surface area contributed by atoms with E-state index in [2.05, 4.69) is 20.7 Å². The molecule has 0 saturated carbocycles. The maximum Gasteiger partial charge on any atom is 0.328 e.